The van der Waals surface area contributed by atoms with Gasteiger partial charge in [0.2, 0.25) is 5.91 Å². The first kappa shape index (κ1) is 20.7. The second kappa shape index (κ2) is 8.66. The molecule has 0 radical (unpaired) electrons. The summed E-state index contributed by atoms with van der Waals surface area (Å²) in [6, 6.07) is 5.83. The van der Waals surface area contributed by atoms with E-state index in [2.05, 4.69) is 14.9 Å². The highest BCUT2D eigenvalue weighted by atomic mass is 35.5. The third-order valence-corrected chi connectivity index (χ3v) is 7.02. The Bertz CT molecular complexity index is 904. The number of carbonyl (C=O) groups is 1. The van der Waals surface area contributed by atoms with Crippen molar-refractivity contribution in [3.63, 3.8) is 0 Å². The van der Waals surface area contributed by atoms with Crippen LogP contribution in [0.5, 0.6) is 0 Å². The van der Waals surface area contributed by atoms with E-state index in [0.717, 1.165) is 48.6 Å². The van der Waals surface area contributed by atoms with Gasteiger partial charge in [-0.25, -0.2) is 4.68 Å². The van der Waals surface area contributed by atoms with Crippen molar-refractivity contribution in [1.29, 1.82) is 0 Å². The minimum Gasteiger partial charge on any atom is -0.338 e. The number of nitrogens with zero attached hydrogens (tertiary/aromatic N) is 4. The fourth-order valence-electron chi connectivity index (χ4n) is 4.67. The molecule has 1 unspecified atom stereocenters. The van der Waals surface area contributed by atoms with Gasteiger partial charge in [0.15, 0.2) is 0 Å². The highest BCUT2D eigenvalue weighted by Gasteiger charge is 2.31. The average Bonchev–Trinajstić information content (AvgIpc) is 3.42. The molecule has 1 aromatic heterocycles. The maximum Gasteiger partial charge on any atom is 0.227 e. The number of likely N-dealkylation sites (tertiary alicyclic amines) is 2. The largest absolute Gasteiger partial charge is 0.338 e. The monoisotopic (exact) mass is 434 g/mol. The van der Waals surface area contributed by atoms with E-state index in [1.54, 1.807) is 6.07 Å². The lowest BCUT2D eigenvalue weighted by Gasteiger charge is -2.28. The third-order valence-electron chi connectivity index (χ3n) is 6.28. The molecule has 0 saturated carbocycles. The number of hydrogen-bond acceptors (Lipinski definition) is 3. The first-order valence-corrected chi connectivity index (χ1v) is 11.2. The van der Waals surface area contributed by atoms with E-state index in [-0.39, 0.29) is 5.91 Å². The second-order valence-corrected chi connectivity index (χ2v) is 9.04. The molecule has 0 spiro atoms. The van der Waals surface area contributed by atoms with Crippen LogP contribution in [0.15, 0.2) is 18.2 Å². The number of halogens is 2. The number of amides is 1. The van der Waals surface area contributed by atoms with Gasteiger partial charge in [-0.15, -0.1) is 0 Å². The number of benzene rings is 1. The van der Waals surface area contributed by atoms with Crippen LogP contribution < -0.4 is 0 Å². The van der Waals surface area contributed by atoms with Gasteiger partial charge in [0, 0.05) is 30.4 Å². The number of aromatic nitrogens is 2. The van der Waals surface area contributed by atoms with Gasteiger partial charge in [-0.1, -0.05) is 23.2 Å². The van der Waals surface area contributed by atoms with E-state index in [1.807, 2.05) is 30.7 Å². The van der Waals surface area contributed by atoms with Crippen molar-refractivity contribution < 1.29 is 4.79 Å². The summed E-state index contributed by atoms with van der Waals surface area (Å²) in [4.78, 5) is 17.8. The van der Waals surface area contributed by atoms with Crippen LogP contribution in [0.25, 0.3) is 5.69 Å². The zero-order valence-electron chi connectivity index (χ0n) is 17.1. The molecule has 0 bridgehead atoms. The number of aryl methyl sites for hydroxylation is 1. The molecule has 2 aliphatic heterocycles. The SMILES string of the molecule is Cc1nn(-c2ccc(Cl)c(Cl)c2)c(C)c1CC(=O)N1CCCC1CN1CCCC1. The Balaban J connectivity index is 1.50. The smallest absolute Gasteiger partial charge is 0.227 e. The third kappa shape index (κ3) is 4.32. The van der Waals surface area contributed by atoms with Crippen LogP contribution >= 0.6 is 23.2 Å². The van der Waals surface area contributed by atoms with E-state index in [1.165, 1.54) is 25.9 Å². The summed E-state index contributed by atoms with van der Waals surface area (Å²) in [7, 11) is 0. The predicted octanol–water partition coefficient (Wildman–Crippen LogP) is 4.43. The maximum atomic E-state index is 13.2. The maximum absolute atomic E-state index is 13.2. The standard InChI is InChI=1S/C22H28Cl2N4O/c1-15-19(16(2)28(25-15)17-7-8-20(23)21(24)12-17)13-22(29)27-11-5-6-18(27)14-26-9-3-4-10-26/h7-8,12,18H,3-6,9-11,13-14H2,1-2H3. The Hall–Kier alpha value is -1.56. The lowest BCUT2D eigenvalue weighted by Crippen LogP contribution is -2.43. The van der Waals surface area contributed by atoms with Gasteiger partial charge < -0.3 is 9.80 Å². The molecule has 3 heterocycles. The van der Waals surface area contributed by atoms with E-state index in [9.17, 15) is 4.79 Å². The zero-order valence-corrected chi connectivity index (χ0v) is 18.6. The topological polar surface area (TPSA) is 41.4 Å². The Kier molecular flexibility index (Phi) is 6.19. The predicted molar refractivity (Wildman–Crippen MR) is 117 cm³/mol. The summed E-state index contributed by atoms with van der Waals surface area (Å²) < 4.78 is 1.85. The minimum absolute atomic E-state index is 0.214. The van der Waals surface area contributed by atoms with Crippen molar-refractivity contribution in [3.8, 4) is 5.69 Å². The number of carbonyl (C=O) groups excluding carboxylic acids is 1. The lowest BCUT2D eigenvalue weighted by atomic mass is 10.1. The molecule has 2 aromatic rings. The van der Waals surface area contributed by atoms with Crippen LogP contribution in [0.4, 0.5) is 0 Å². The van der Waals surface area contributed by atoms with Crippen LogP contribution in [-0.4, -0.2) is 57.7 Å². The summed E-state index contributed by atoms with van der Waals surface area (Å²) in [5.74, 6) is 0.214. The summed E-state index contributed by atoms with van der Waals surface area (Å²) >= 11 is 12.2. The van der Waals surface area contributed by atoms with Gasteiger partial charge in [-0.3, -0.25) is 4.79 Å². The Morgan fingerprint density at radius 3 is 2.59 bits per heavy atom. The normalized spacial score (nSPS) is 20.0. The van der Waals surface area contributed by atoms with E-state index >= 15 is 0 Å². The fourth-order valence-corrected chi connectivity index (χ4v) is 4.96. The Labute approximate surface area is 182 Å². The summed E-state index contributed by atoms with van der Waals surface area (Å²) in [6.45, 7) is 8.22. The summed E-state index contributed by atoms with van der Waals surface area (Å²) in [5.41, 5.74) is 3.72. The lowest BCUT2D eigenvalue weighted by molar-refractivity contribution is -0.131. The van der Waals surface area contributed by atoms with Crippen LogP contribution in [0.3, 0.4) is 0 Å². The first-order valence-electron chi connectivity index (χ1n) is 10.5. The van der Waals surface area contributed by atoms with E-state index in [4.69, 9.17) is 23.2 Å². The molecule has 156 valence electrons. The number of rotatable bonds is 5. The number of hydrogen-bond donors (Lipinski definition) is 0. The molecule has 29 heavy (non-hydrogen) atoms. The highest BCUT2D eigenvalue weighted by molar-refractivity contribution is 6.42. The molecule has 2 fully saturated rings. The van der Waals surface area contributed by atoms with Crippen molar-refractivity contribution in [2.24, 2.45) is 0 Å². The average molecular weight is 435 g/mol. The molecule has 1 atom stereocenters. The van der Waals surface area contributed by atoms with Gasteiger partial charge in [-0.2, -0.15) is 5.10 Å². The van der Waals surface area contributed by atoms with Gasteiger partial charge in [0.1, 0.15) is 0 Å². The molecule has 1 amide bonds. The molecule has 1 aromatic carbocycles. The molecule has 4 rings (SSSR count). The highest BCUT2D eigenvalue weighted by Crippen LogP contribution is 2.27. The quantitative estimate of drug-likeness (QED) is 0.698. The zero-order chi connectivity index (χ0) is 20.5. The van der Waals surface area contributed by atoms with Crippen molar-refractivity contribution in [3.05, 3.63) is 45.2 Å². The van der Waals surface area contributed by atoms with Gasteiger partial charge in [0.25, 0.3) is 0 Å². The van der Waals surface area contributed by atoms with Crippen molar-refractivity contribution >= 4 is 29.1 Å². The van der Waals surface area contributed by atoms with Crippen molar-refractivity contribution in [2.75, 3.05) is 26.2 Å². The Morgan fingerprint density at radius 1 is 1.10 bits per heavy atom. The van der Waals surface area contributed by atoms with Gasteiger partial charge in [-0.05, 0) is 70.8 Å². The van der Waals surface area contributed by atoms with Crippen molar-refractivity contribution in [1.82, 2.24) is 19.6 Å². The van der Waals surface area contributed by atoms with Crippen molar-refractivity contribution in [2.45, 2.75) is 52.0 Å². The molecule has 0 N–H and O–H groups in total. The molecular weight excluding hydrogens is 407 g/mol. The van der Waals surface area contributed by atoms with E-state index < -0.39 is 0 Å². The fraction of sp³-hybridized carbons (Fsp3) is 0.545. The van der Waals surface area contributed by atoms with Crippen LogP contribution in [-0.2, 0) is 11.2 Å². The minimum atomic E-state index is 0.214. The second-order valence-electron chi connectivity index (χ2n) is 8.23. The van der Waals surface area contributed by atoms with Crippen LogP contribution in [0.1, 0.15) is 42.6 Å². The molecule has 2 aliphatic rings. The van der Waals surface area contributed by atoms with Gasteiger partial charge in [0.05, 0.1) is 27.8 Å². The van der Waals surface area contributed by atoms with Crippen LogP contribution in [0, 0.1) is 13.8 Å². The summed E-state index contributed by atoms with van der Waals surface area (Å²) in [6.07, 6.45) is 5.18. The summed E-state index contributed by atoms with van der Waals surface area (Å²) in [5, 5.41) is 5.68. The first-order chi connectivity index (χ1) is 13.9. The Morgan fingerprint density at radius 2 is 1.86 bits per heavy atom. The van der Waals surface area contributed by atoms with E-state index in [0.29, 0.717) is 22.5 Å². The van der Waals surface area contributed by atoms with Crippen LogP contribution in [0.2, 0.25) is 10.0 Å². The molecule has 0 aliphatic carbocycles. The molecular formula is C22H28Cl2N4O. The molecule has 2 saturated heterocycles. The molecule has 7 heteroatoms. The molecule has 5 nitrogen and oxygen atoms in total. The van der Waals surface area contributed by atoms with Gasteiger partial charge >= 0.3 is 0 Å².